The molecule has 0 aliphatic heterocycles. The highest BCUT2D eigenvalue weighted by molar-refractivity contribution is 7.86. The largest absolute Gasteiger partial charge is 0.507 e. The van der Waals surface area contributed by atoms with Crippen molar-refractivity contribution >= 4 is 16.4 Å². The van der Waals surface area contributed by atoms with Gasteiger partial charge >= 0.3 is 0 Å². The number of aldehydes is 1. The van der Waals surface area contributed by atoms with E-state index in [4.69, 9.17) is 9.29 Å². The molecule has 0 spiro atoms. The summed E-state index contributed by atoms with van der Waals surface area (Å²) in [6.07, 6.45) is 2.37. The lowest BCUT2D eigenvalue weighted by molar-refractivity contribution is 0.112. The molecule has 0 atom stereocenters. The lowest BCUT2D eigenvalue weighted by Crippen LogP contribution is -2.18. The maximum absolute atomic E-state index is 10.6. The molecule has 0 radical (unpaired) electrons. The molecule has 2 aromatic rings. The molecule has 34 heavy (non-hydrogen) atoms. The van der Waals surface area contributed by atoms with Crippen molar-refractivity contribution in [1.82, 2.24) is 0 Å². The molecule has 2 rings (SSSR count). The van der Waals surface area contributed by atoms with Crippen LogP contribution in [-0.4, -0.2) is 38.1 Å². The number of aromatic hydroxyl groups is 1. The highest BCUT2D eigenvalue weighted by Gasteiger charge is 2.26. The summed E-state index contributed by atoms with van der Waals surface area (Å²) in [5.74, 6) is 0.459. The van der Waals surface area contributed by atoms with Crippen LogP contribution in [-0.2, 0) is 32.1 Å². The zero-order valence-corrected chi connectivity index (χ0v) is 22.9. The van der Waals surface area contributed by atoms with Crippen LogP contribution in [0.15, 0.2) is 41.3 Å². The Hall–Kier alpha value is -2.22. The molecular weight excluding hydrogens is 452 g/mol. The van der Waals surface area contributed by atoms with Crippen molar-refractivity contribution in [2.75, 3.05) is 13.7 Å². The number of phenols is 1. The van der Waals surface area contributed by atoms with Gasteiger partial charge in [-0.3, -0.25) is 9.35 Å². The van der Waals surface area contributed by atoms with Crippen LogP contribution in [0.3, 0.4) is 0 Å². The zero-order valence-electron chi connectivity index (χ0n) is 22.1. The van der Waals surface area contributed by atoms with Gasteiger partial charge in [0, 0.05) is 19.3 Å². The molecule has 0 unspecified atom stereocenters. The molecule has 0 bridgehead atoms. The average Bonchev–Trinajstić information content (AvgIpc) is 2.74. The number of hydrogen-bond donors (Lipinski definition) is 2. The van der Waals surface area contributed by atoms with Crippen molar-refractivity contribution in [2.45, 2.75) is 84.0 Å². The minimum absolute atomic E-state index is 0.0417. The maximum atomic E-state index is 10.6. The summed E-state index contributed by atoms with van der Waals surface area (Å²) in [6.45, 7) is 17.7. The second kappa shape index (κ2) is 13.6. The number of aryl methyl sites for hydroxylation is 1. The van der Waals surface area contributed by atoms with Crippen molar-refractivity contribution in [2.24, 2.45) is 0 Å². The third kappa shape index (κ3) is 9.95. The van der Waals surface area contributed by atoms with Gasteiger partial charge in [0.2, 0.25) is 0 Å². The van der Waals surface area contributed by atoms with E-state index in [1.807, 2.05) is 13.8 Å². The van der Waals surface area contributed by atoms with Crippen LogP contribution in [0.2, 0.25) is 0 Å². The molecular formula is C27H42O6S. The number of methoxy groups -OCH3 is 1. The summed E-state index contributed by atoms with van der Waals surface area (Å²) in [5.41, 5.74) is 3.22. The predicted molar refractivity (Wildman–Crippen MR) is 139 cm³/mol. The molecule has 0 saturated carbocycles. The Labute approximate surface area is 206 Å². The van der Waals surface area contributed by atoms with E-state index in [1.54, 1.807) is 7.11 Å². The fourth-order valence-corrected chi connectivity index (χ4v) is 3.88. The Morgan fingerprint density at radius 3 is 1.76 bits per heavy atom. The molecule has 192 valence electrons. The first kappa shape index (κ1) is 31.8. The van der Waals surface area contributed by atoms with Crippen molar-refractivity contribution in [1.29, 1.82) is 0 Å². The number of hydrogen-bond acceptors (Lipinski definition) is 5. The van der Waals surface area contributed by atoms with Crippen LogP contribution in [0.1, 0.15) is 88.9 Å². The molecule has 0 aromatic heterocycles. The van der Waals surface area contributed by atoms with Gasteiger partial charge in [-0.05, 0) is 46.4 Å². The normalized spacial score (nSPS) is 11.6. The molecule has 0 amide bonds. The van der Waals surface area contributed by atoms with E-state index in [-0.39, 0.29) is 21.3 Å². The van der Waals surface area contributed by atoms with Crippen molar-refractivity contribution < 1.29 is 27.6 Å². The van der Waals surface area contributed by atoms with Gasteiger partial charge in [-0.15, -0.1) is 0 Å². The van der Waals surface area contributed by atoms with Crippen molar-refractivity contribution in [3.05, 3.63) is 58.7 Å². The third-order valence-electron chi connectivity index (χ3n) is 4.92. The SMILES string of the molecule is CC.COCCCc1cc(C(C)(C)C)c(O)c(C(C)(C)C)c1.O=Cc1ccccc1S(=O)(=O)O. The van der Waals surface area contributed by atoms with Gasteiger partial charge in [0.15, 0.2) is 6.29 Å². The van der Waals surface area contributed by atoms with Gasteiger partial charge in [0.05, 0.1) is 0 Å². The minimum atomic E-state index is -4.28. The Balaban J connectivity index is 0.000000662. The van der Waals surface area contributed by atoms with Gasteiger partial charge in [-0.25, -0.2) is 0 Å². The molecule has 2 N–H and O–H groups in total. The van der Waals surface area contributed by atoms with E-state index in [0.29, 0.717) is 12.0 Å². The fraction of sp³-hybridized carbons (Fsp3) is 0.519. The highest BCUT2D eigenvalue weighted by Crippen LogP contribution is 2.39. The molecule has 7 heteroatoms. The Morgan fingerprint density at radius 2 is 1.41 bits per heavy atom. The summed E-state index contributed by atoms with van der Waals surface area (Å²) < 4.78 is 35.0. The van der Waals surface area contributed by atoms with E-state index >= 15 is 0 Å². The molecule has 0 heterocycles. The monoisotopic (exact) mass is 494 g/mol. The van der Waals surface area contributed by atoms with Gasteiger partial charge in [0.25, 0.3) is 10.1 Å². The Morgan fingerprint density at radius 1 is 0.941 bits per heavy atom. The Kier molecular flexibility index (Phi) is 12.7. The van der Waals surface area contributed by atoms with E-state index < -0.39 is 10.1 Å². The van der Waals surface area contributed by atoms with E-state index in [2.05, 4.69) is 53.7 Å². The summed E-state index contributed by atoms with van der Waals surface area (Å²) in [6, 6.07) is 9.73. The summed E-state index contributed by atoms with van der Waals surface area (Å²) in [5, 5.41) is 10.6. The summed E-state index contributed by atoms with van der Waals surface area (Å²) >= 11 is 0. The van der Waals surface area contributed by atoms with Gasteiger partial charge in [-0.1, -0.05) is 85.7 Å². The first-order chi connectivity index (χ1) is 15.6. The van der Waals surface area contributed by atoms with Gasteiger partial charge < -0.3 is 9.84 Å². The molecule has 0 saturated heterocycles. The molecule has 2 aromatic carbocycles. The van der Waals surface area contributed by atoms with Crippen molar-refractivity contribution in [3.63, 3.8) is 0 Å². The van der Waals surface area contributed by atoms with Crippen LogP contribution >= 0.6 is 0 Å². The van der Waals surface area contributed by atoms with E-state index in [0.717, 1.165) is 30.6 Å². The number of phenolic OH excluding ortho intramolecular Hbond substituents is 1. The van der Waals surface area contributed by atoms with Crippen LogP contribution in [0.4, 0.5) is 0 Å². The first-order valence-corrected chi connectivity index (χ1v) is 12.9. The summed E-state index contributed by atoms with van der Waals surface area (Å²) in [7, 11) is -2.54. The summed E-state index contributed by atoms with van der Waals surface area (Å²) in [4.78, 5) is 9.94. The third-order valence-corrected chi connectivity index (χ3v) is 5.85. The van der Waals surface area contributed by atoms with Crippen molar-refractivity contribution in [3.8, 4) is 5.75 Å². The highest BCUT2D eigenvalue weighted by atomic mass is 32.2. The predicted octanol–water partition coefficient (Wildman–Crippen LogP) is 6.34. The zero-order chi connectivity index (χ0) is 26.7. The second-order valence-corrected chi connectivity index (χ2v) is 11.2. The molecule has 6 nitrogen and oxygen atoms in total. The van der Waals surface area contributed by atoms with E-state index in [1.165, 1.54) is 29.8 Å². The van der Waals surface area contributed by atoms with Gasteiger partial charge in [0.1, 0.15) is 10.6 Å². The molecule has 0 aliphatic rings. The first-order valence-electron chi connectivity index (χ1n) is 11.5. The number of carbonyl (C=O) groups excluding carboxylic acids is 1. The number of rotatable bonds is 6. The molecule has 0 aliphatic carbocycles. The van der Waals surface area contributed by atoms with Gasteiger partial charge in [-0.2, -0.15) is 8.42 Å². The lowest BCUT2D eigenvalue weighted by atomic mass is 9.78. The second-order valence-electron chi connectivity index (χ2n) is 9.77. The van der Waals surface area contributed by atoms with Crippen LogP contribution in [0, 0.1) is 0 Å². The number of benzene rings is 2. The Bertz CT molecular complexity index is 977. The minimum Gasteiger partial charge on any atom is -0.507 e. The van der Waals surface area contributed by atoms with Crippen LogP contribution < -0.4 is 0 Å². The standard InChI is InChI=1S/C18H30O2.C7H6O4S.C2H6/c1-17(2,3)14-11-13(9-8-10-20-7)12-15(16(14)19)18(4,5)6;8-5-6-3-1-2-4-7(6)12(9,10)11;1-2/h11-12,19H,8-10H2,1-7H3;1-5H,(H,9,10,11);1-2H3. The lowest BCUT2D eigenvalue weighted by Gasteiger charge is -2.28. The van der Waals surface area contributed by atoms with E-state index in [9.17, 15) is 18.3 Å². The number of carbonyl (C=O) groups is 1. The quantitative estimate of drug-likeness (QED) is 0.276. The maximum Gasteiger partial charge on any atom is 0.295 e. The smallest absolute Gasteiger partial charge is 0.295 e. The topological polar surface area (TPSA) is 101 Å². The number of ether oxygens (including phenoxy) is 1. The van der Waals surface area contributed by atoms with Crippen LogP contribution in [0.5, 0.6) is 5.75 Å². The molecule has 0 fully saturated rings. The fourth-order valence-electron chi connectivity index (χ4n) is 3.22. The van der Waals surface area contributed by atoms with Crippen LogP contribution in [0.25, 0.3) is 0 Å². The average molecular weight is 495 g/mol.